The molecular weight excluding hydrogens is 1380 g/mol. The van der Waals surface area contributed by atoms with Crippen LogP contribution >= 0.6 is 0 Å². The molecule has 0 N–H and O–H groups in total. The van der Waals surface area contributed by atoms with E-state index in [0.29, 0.717) is 315 Å². The number of hydrogen-bond donors (Lipinski definition) is 0. The van der Waals surface area contributed by atoms with E-state index in [4.69, 9.17) is 130 Å². The van der Waals surface area contributed by atoms with Crippen LogP contribution in [-0.4, -0.2) is 362 Å². The summed E-state index contributed by atoms with van der Waals surface area (Å²) in [5, 5.41) is 0. The second-order valence-corrected chi connectivity index (χ2v) is 35.9. The minimum absolute atomic E-state index is 0. The summed E-state index contributed by atoms with van der Waals surface area (Å²) in [6, 6.07) is 2.80. The zero-order valence-corrected chi connectivity index (χ0v) is 68.1. The molecule has 0 radical (unpaired) electrons. The average molecular weight is 1510 g/mol. The van der Waals surface area contributed by atoms with Gasteiger partial charge in [0.2, 0.25) is 0 Å². The van der Waals surface area contributed by atoms with Crippen molar-refractivity contribution in [3.63, 3.8) is 0 Å². The average Bonchev–Trinajstić information content (AvgIpc) is 0.772. The summed E-state index contributed by atoms with van der Waals surface area (Å²) >= 11 is 0. The summed E-state index contributed by atoms with van der Waals surface area (Å²) < 4.78 is 164. The second kappa shape index (κ2) is 74.3. The van der Waals surface area contributed by atoms with Crippen LogP contribution in [0.1, 0.15) is 25.7 Å². The van der Waals surface area contributed by atoms with E-state index in [1.165, 1.54) is 0 Å². The Hall–Kier alpha value is 1.62. The van der Waals surface area contributed by atoms with Crippen molar-refractivity contribution >= 4 is 42.7 Å². The molecule has 1 aliphatic heterocycles. The number of hydrogen-bond acceptors (Lipinski definition) is 28. The van der Waals surface area contributed by atoms with Crippen molar-refractivity contribution in [2.75, 3.05) is 319 Å². The maximum Gasteiger partial charge on any atom is 1.00 e. The van der Waals surface area contributed by atoms with Crippen LogP contribution in [0.15, 0.2) is 0 Å². The molecule has 1 heterocycles. The molecule has 0 bridgehead atoms. The number of methoxy groups -OCH3 is 4. The molecule has 1 rings (SSSR count). The minimum Gasteiger partial charge on any atom is -0.416 e. The van der Waals surface area contributed by atoms with Gasteiger partial charge in [-0.1, -0.05) is 8.41 Å². The van der Waals surface area contributed by atoms with Crippen LogP contribution in [0, 0.1) is 0 Å². The van der Waals surface area contributed by atoms with E-state index < -0.39 is 34.2 Å². The molecule has 1 fully saturated rings. The van der Waals surface area contributed by atoms with E-state index in [1.54, 1.807) is 28.4 Å². The third-order valence-corrected chi connectivity index (χ3v) is 31.9. The first-order valence-corrected chi connectivity index (χ1v) is 43.5. The summed E-state index contributed by atoms with van der Waals surface area (Å²) in [6.45, 7) is 30.8. The van der Waals surface area contributed by atoms with Gasteiger partial charge in [0.15, 0.2) is 0 Å². The van der Waals surface area contributed by atoms with Crippen LogP contribution in [0.25, 0.3) is 0 Å². The van der Waals surface area contributed by atoms with Gasteiger partial charge in [-0.2, -0.15) is 0 Å². The van der Waals surface area contributed by atoms with E-state index in [0.717, 1.165) is 25.7 Å². The molecule has 0 aromatic heterocycles. The van der Waals surface area contributed by atoms with Gasteiger partial charge in [-0.3, -0.25) is 0 Å². The van der Waals surface area contributed by atoms with Gasteiger partial charge >= 0.3 is 92.4 Å². The molecule has 0 spiro atoms. The van der Waals surface area contributed by atoms with Gasteiger partial charge < -0.3 is 130 Å². The van der Waals surface area contributed by atoms with Crippen molar-refractivity contribution in [3.8, 4) is 0 Å². The van der Waals surface area contributed by atoms with E-state index in [1.807, 2.05) is 0 Å². The van der Waals surface area contributed by atoms with E-state index in [-0.39, 0.29) is 66.6 Å². The summed E-state index contributed by atoms with van der Waals surface area (Å²) in [5.41, 5.74) is 0. The van der Waals surface area contributed by atoms with Crippen molar-refractivity contribution in [2.45, 2.75) is 76.0 Å². The molecule has 0 atom stereocenters. The summed E-state index contributed by atoms with van der Waals surface area (Å²) in [4.78, 5) is 0. The molecule has 0 amide bonds. The van der Waals surface area contributed by atoms with Gasteiger partial charge in [-0.15, -0.1) is 0 Å². The molecule has 0 saturated carbocycles. The van der Waals surface area contributed by atoms with Crippen LogP contribution in [0.3, 0.4) is 0 Å². The monoisotopic (exact) mass is 1510 g/mol. The zero-order chi connectivity index (χ0) is 66.6. The molecule has 1 saturated heterocycles. The predicted octanol–water partition coefficient (Wildman–Crippen LogP) is 0.385. The van der Waals surface area contributed by atoms with E-state index in [2.05, 4.69) is 26.2 Å². The first kappa shape index (κ1) is 97.7. The molecule has 0 unspecified atom stereocenters. The first-order valence-electron chi connectivity index (χ1n) is 33.4. The Balaban J connectivity index is 0. The molecule has 28 nitrogen and oxygen atoms in total. The first-order chi connectivity index (χ1) is 45.1. The molecule has 0 aromatic carbocycles. The maximum atomic E-state index is 7.45. The van der Waals surface area contributed by atoms with Crippen molar-refractivity contribution in [2.24, 2.45) is 0 Å². The van der Waals surface area contributed by atoms with Crippen LogP contribution in [-0.2, 0) is 130 Å². The fraction of sp³-hybridized carbons (Fsp3) is 1.00. The van der Waals surface area contributed by atoms with Gasteiger partial charge in [-0.25, -0.2) is 0 Å². The Labute approximate surface area is 621 Å². The Morgan fingerprint density at radius 2 is 0.266 bits per heavy atom. The minimum atomic E-state index is -2.97. The number of rotatable bonds is 76. The number of ether oxygens (including phenoxy) is 24. The smallest absolute Gasteiger partial charge is 0.416 e. The third-order valence-electron chi connectivity index (χ3n) is 13.1. The SMILES string of the molecule is COCCOCCOCCOCCOCCOCCC[Si]1(C)O[Si](C)(CCCOCCOCCOCCOCCOCCOC)O[Si](C)(CCCOCCOCCOCCOCCOCCOC)O[Si](C)(CCCOCCOCCOCCOCCOCCOC)O1.[BH4-].[Rb+]. The van der Waals surface area contributed by atoms with Gasteiger partial charge in [0, 0.05) is 54.9 Å². The molecular formula is C60H132BO28RbSi4. The zero-order valence-electron chi connectivity index (χ0n) is 59.2. The van der Waals surface area contributed by atoms with Gasteiger partial charge in [0.1, 0.15) is 0 Å². The van der Waals surface area contributed by atoms with Crippen LogP contribution < -0.4 is 58.2 Å². The van der Waals surface area contributed by atoms with Crippen molar-refractivity contribution in [3.05, 3.63) is 0 Å². The normalized spacial score (nSPS) is 19.1. The van der Waals surface area contributed by atoms with Crippen LogP contribution in [0.2, 0.25) is 50.4 Å². The quantitative estimate of drug-likeness (QED) is 0.0589. The fourth-order valence-corrected chi connectivity index (χ4v) is 32.0. The van der Waals surface area contributed by atoms with Gasteiger partial charge in [-0.05, 0) is 76.0 Å². The largest absolute Gasteiger partial charge is 1.00 e. The molecule has 560 valence electrons. The third kappa shape index (κ3) is 66.8. The molecule has 94 heavy (non-hydrogen) atoms. The summed E-state index contributed by atoms with van der Waals surface area (Å²) in [7, 11) is -5.27. The summed E-state index contributed by atoms with van der Waals surface area (Å²) in [6.07, 6.45) is 2.95. The topological polar surface area (TPSA) is 258 Å². The Kier molecular flexibility index (Phi) is 77.2. The van der Waals surface area contributed by atoms with Gasteiger partial charge in [0.05, 0.1) is 264 Å². The summed E-state index contributed by atoms with van der Waals surface area (Å²) in [5.74, 6) is 0. The molecule has 34 heteroatoms. The van der Waals surface area contributed by atoms with Crippen molar-refractivity contribution in [1.29, 1.82) is 0 Å². The fourth-order valence-electron chi connectivity index (χ4n) is 8.80. The van der Waals surface area contributed by atoms with Gasteiger partial charge in [0.25, 0.3) is 0 Å². The van der Waals surface area contributed by atoms with E-state index in [9.17, 15) is 0 Å². The molecule has 0 aliphatic carbocycles. The second-order valence-electron chi connectivity index (χ2n) is 21.6. The van der Waals surface area contributed by atoms with E-state index >= 15 is 0 Å². The standard InChI is InChI=1S/C60H128O28Si4.BH4.Rb/c1-61-17-21-69-33-37-77-49-53-81-45-41-73-29-25-65-13-9-57-89(5)85-90(6,58-10-14-66-26-30-74-42-46-82-54-50-78-38-34-70-22-18-62-2)87-92(8,60-12-16-68-28-32-76-44-48-84-56-52-80-40-36-72-24-20-64-4)88-91(7,86-89)59-11-15-67-27-31-75-43-47-83-55-51-79-39-35-71-23-19-63-3;;/h9-60H2,1-8H3;1H4;/q;-1;+1. The van der Waals surface area contributed by atoms with Crippen LogP contribution in [0.5, 0.6) is 0 Å². The molecule has 1 aliphatic rings. The maximum absolute atomic E-state index is 7.45. The van der Waals surface area contributed by atoms with Crippen LogP contribution in [0.4, 0.5) is 0 Å². The Bertz CT molecular complexity index is 1290. The van der Waals surface area contributed by atoms with Crippen molar-refractivity contribution in [1.82, 2.24) is 0 Å². The molecule has 0 aromatic rings. The Morgan fingerprint density at radius 3 is 0.372 bits per heavy atom. The van der Waals surface area contributed by atoms with Crippen molar-refractivity contribution < 1.29 is 188 Å². The Morgan fingerprint density at radius 1 is 0.170 bits per heavy atom. The predicted molar refractivity (Wildman–Crippen MR) is 364 cm³/mol.